The molecule has 0 saturated heterocycles. The van der Waals surface area contributed by atoms with Crippen LogP contribution in [0.1, 0.15) is 26.3 Å². The predicted octanol–water partition coefficient (Wildman–Crippen LogP) is 3.88. The first kappa shape index (κ1) is 10.8. The zero-order valence-electron chi connectivity index (χ0n) is 8.51. The van der Waals surface area contributed by atoms with Crippen molar-refractivity contribution in [3.05, 3.63) is 24.2 Å². The molecule has 13 heavy (non-hydrogen) atoms. The van der Waals surface area contributed by atoms with E-state index in [1.165, 1.54) is 5.56 Å². The predicted molar refractivity (Wildman–Crippen MR) is 59.2 cm³/mol. The van der Waals surface area contributed by atoms with Crippen LogP contribution in [0.5, 0.6) is 0 Å². The molecule has 0 fully saturated rings. The molecule has 1 rings (SSSR count). The van der Waals surface area contributed by atoms with Gasteiger partial charge in [-0.05, 0) is 29.4 Å². The Morgan fingerprint density at radius 3 is 2.62 bits per heavy atom. The minimum absolute atomic E-state index is 0.323. The first-order valence-electron chi connectivity index (χ1n) is 4.65. The topological polar surface area (TPSA) is 13.1 Å². The van der Waals surface area contributed by atoms with Gasteiger partial charge >= 0.3 is 0 Å². The summed E-state index contributed by atoms with van der Waals surface area (Å²) in [5.74, 6) is 0.668. The molecule has 0 radical (unpaired) electrons. The summed E-state index contributed by atoms with van der Waals surface area (Å²) in [7, 11) is 0. The van der Waals surface area contributed by atoms with Gasteiger partial charge in [0.05, 0.1) is 12.5 Å². The molecule has 0 aromatic carbocycles. The third-order valence-corrected chi connectivity index (χ3v) is 4.17. The molecule has 74 valence electrons. The van der Waals surface area contributed by atoms with E-state index in [1.54, 1.807) is 6.26 Å². The maximum absolute atomic E-state index is 5.07. The zero-order chi connectivity index (χ0) is 9.90. The molecule has 1 aromatic rings. The van der Waals surface area contributed by atoms with E-state index in [0.717, 1.165) is 11.8 Å². The third kappa shape index (κ3) is 2.60. The van der Waals surface area contributed by atoms with Crippen molar-refractivity contribution in [1.82, 2.24) is 0 Å². The van der Waals surface area contributed by atoms with Gasteiger partial charge in [-0.1, -0.05) is 36.7 Å². The molecule has 0 aliphatic heterocycles. The molecule has 1 nitrogen and oxygen atoms in total. The Bertz CT molecular complexity index is 241. The van der Waals surface area contributed by atoms with Crippen LogP contribution in [0.3, 0.4) is 0 Å². The molecule has 0 amide bonds. The Labute approximate surface area is 88.6 Å². The molecule has 0 aliphatic rings. The Morgan fingerprint density at radius 2 is 2.23 bits per heavy atom. The standard InChI is InChI=1S/C11H17BrO/c1-9(2)11(3,8-12)6-10-4-5-13-7-10/h4-5,7,9H,6,8H2,1-3H3. The van der Waals surface area contributed by atoms with Crippen LogP contribution in [0, 0.1) is 11.3 Å². The molecule has 2 heteroatoms. The highest BCUT2D eigenvalue weighted by Crippen LogP contribution is 2.33. The highest BCUT2D eigenvalue weighted by molar-refractivity contribution is 9.09. The average molecular weight is 245 g/mol. The minimum atomic E-state index is 0.323. The van der Waals surface area contributed by atoms with Gasteiger partial charge in [-0.3, -0.25) is 0 Å². The summed E-state index contributed by atoms with van der Waals surface area (Å²) < 4.78 is 5.07. The van der Waals surface area contributed by atoms with E-state index in [9.17, 15) is 0 Å². The number of alkyl halides is 1. The maximum atomic E-state index is 5.07. The average Bonchev–Trinajstić information content (AvgIpc) is 2.56. The molecular weight excluding hydrogens is 228 g/mol. The molecule has 0 saturated carbocycles. The van der Waals surface area contributed by atoms with Crippen LogP contribution in [0.15, 0.2) is 23.0 Å². The first-order chi connectivity index (χ1) is 6.08. The second kappa shape index (κ2) is 4.32. The van der Waals surface area contributed by atoms with Crippen molar-refractivity contribution < 1.29 is 4.42 Å². The van der Waals surface area contributed by atoms with E-state index < -0.39 is 0 Å². The van der Waals surface area contributed by atoms with Crippen molar-refractivity contribution in [2.45, 2.75) is 27.2 Å². The van der Waals surface area contributed by atoms with Crippen molar-refractivity contribution >= 4 is 15.9 Å². The summed E-state index contributed by atoms with van der Waals surface area (Å²) in [6, 6.07) is 2.04. The van der Waals surface area contributed by atoms with Gasteiger partial charge in [0, 0.05) is 5.33 Å². The Hall–Kier alpha value is -0.240. The summed E-state index contributed by atoms with van der Waals surface area (Å²) in [4.78, 5) is 0. The third-order valence-electron chi connectivity index (χ3n) is 2.89. The van der Waals surface area contributed by atoms with Crippen molar-refractivity contribution in [3.63, 3.8) is 0 Å². The Balaban J connectivity index is 2.69. The van der Waals surface area contributed by atoms with Gasteiger partial charge < -0.3 is 4.42 Å². The van der Waals surface area contributed by atoms with Crippen LogP contribution in [-0.4, -0.2) is 5.33 Å². The lowest BCUT2D eigenvalue weighted by atomic mass is 9.77. The van der Waals surface area contributed by atoms with Gasteiger partial charge in [0.2, 0.25) is 0 Å². The largest absolute Gasteiger partial charge is 0.472 e. The number of hydrogen-bond acceptors (Lipinski definition) is 1. The Kier molecular flexibility index (Phi) is 3.60. The number of furan rings is 1. The summed E-state index contributed by atoms with van der Waals surface area (Å²) >= 11 is 3.59. The fourth-order valence-electron chi connectivity index (χ4n) is 1.27. The van der Waals surface area contributed by atoms with Crippen LogP contribution < -0.4 is 0 Å². The normalized spacial score (nSPS) is 16.1. The summed E-state index contributed by atoms with van der Waals surface area (Å²) in [5.41, 5.74) is 1.61. The fourth-order valence-corrected chi connectivity index (χ4v) is 2.11. The highest BCUT2D eigenvalue weighted by atomic mass is 79.9. The molecule has 0 spiro atoms. The van der Waals surface area contributed by atoms with Gasteiger partial charge in [0.25, 0.3) is 0 Å². The van der Waals surface area contributed by atoms with Crippen molar-refractivity contribution in [3.8, 4) is 0 Å². The van der Waals surface area contributed by atoms with Gasteiger partial charge in [-0.25, -0.2) is 0 Å². The van der Waals surface area contributed by atoms with Crippen molar-refractivity contribution in [2.75, 3.05) is 5.33 Å². The number of halogens is 1. The molecular formula is C11H17BrO. The van der Waals surface area contributed by atoms with E-state index in [0.29, 0.717) is 11.3 Å². The SMILES string of the molecule is CC(C)C(C)(CBr)Cc1ccoc1. The molecule has 0 aliphatic carbocycles. The summed E-state index contributed by atoms with van der Waals surface area (Å²) in [5, 5.41) is 1.03. The summed E-state index contributed by atoms with van der Waals surface area (Å²) in [6.45, 7) is 6.84. The minimum Gasteiger partial charge on any atom is -0.472 e. The monoisotopic (exact) mass is 244 g/mol. The van der Waals surface area contributed by atoms with Gasteiger partial charge in [0.1, 0.15) is 0 Å². The molecule has 1 atom stereocenters. The first-order valence-corrected chi connectivity index (χ1v) is 5.77. The molecule has 1 aromatic heterocycles. The quantitative estimate of drug-likeness (QED) is 0.733. The van der Waals surface area contributed by atoms with Gasteiger partial charge in [-0.15, -0.1) is 0 Å². The lowest BCUT2D eigenvalue weighted by Crippen LogP contribution is -2.27. The lowest BCUT2D eigenvalue weighted by molar-refractivity contribution is 0.257. The number of rotatable bonds is 4. The van der Waals surface area contributed by atoms with E-state index in [-0.39, 0.29) is 0 Å². The Morgan fingerprint density at radius 1 is 1.54 bits per heavy atom. The smallest absolute Gasteiger partial charge is 0.0934 e. The molecule has 0 N–H and O–H groups in total. The maximum Gasteiger partial charge on any atom is 0.0934 e. The molecule has 1 unspecified atom stereocenters. The molecule has 1 heterocycles. The second-order valence-electron chi connectivity index (χ2n) is 4.25. The van der Waals surface area contributed by atoms with Gasteiger partial charge in [0.15, 0.2) is 0 Å². The van der Waals surface area contributed by atoms with Crippen LogP contribution >= 0.6 is 15.9 Å². The zero-order valence-corrected chi connectivity index (χ0v) is 10.1. The summed E-state index contributed by atoms with van der Waals surface area (Å²) in [6.07, 6.45) is 4.65. The lowest BCUT2D eigenvalue weighted by Gasteiger charge is -2.31. The highest BCUT2D eigenvalue weighted by Gasteiger charge is 2.27. The fraction of sp³-hybridized carbons (Fsp3) is 0.636. The van der Waals surface area contributed by atoms with Crippen LogP contribution in [-0.2, 0) is 6.42 Å². The van der Waals surface area contributed by atoms with Crippen LogP contribution in [0.4, 0.5) is 0 Å². The van der Waals surface area contributed by atoms with Crippen molar-refractivity contribution in [1.29, 1.82) is 0 Å². The van der Waals surface area contributed by atoms with Crippen molar-refractivity contribution in [2.24, 2.45) is 11.3 Å². The van der Waals surface area contributed by atoms with E-state index in [2.05, 4.69) is 36.7 Å². The molecule has 0 bridgehead atoms. The van der Waals surface area contributed by atoms with Gasteiger partial charge in [-0.2, -0.15) is 0 Å². The van der Waals surface area contributed by atoms with E-state index in [4.69, 9.17) is 4.42 Å². The van der Waals surface area contributed by atoms with Crippen LogP contribution in [0.2, 0.25) is 0 Å². The second-order valence-corrected chi connectivity index (χ2v) is 4.81. The number of hydrogen-bond donors (Lipinski definition) is 0. The van der Waals surface area contributed by atoms with Crippen LogP contribution in [0.25, 0.3) is 0 Å². The van der Waals surface area contributed by atoms with E-state index >= 15 is 0 Å². The van der Waals surface area contributed by atoms with E-state index in [1.807, 2.05) is 12.3 Å².